The van der Waals surface area contributed by atoms with Crippen molar-refractivity contribution in [1.82, 2.24) is 0 Å². The van der Waals surface area contributed by atoms with Crippen molar-refractivity contribution in [3.63, 3.8) is 0 Å². The zero-order valence-corrected chi connectivity index (χ0v) is 8.02. The van der Waals surface area contributed by atoms with Crippen molar-refractivity contribution in [2.24, 2.45) is 11.3 Å². The van der Waals surface area contributed by atoms with Gasteiger partial charge in [0.1, 0.15) is 0 Å². The molecule has 0 rings (SSSR count). The van der Waals surface area contributed by atoms with Gasteiger partial charge in [0.15, 0.2) is 5.41 Å². The molecule has 0 aliphatic heterocycles. The number of allylic oxidation sites excluding steroid dienone is 1. The van der Waals surface area contributed by atoms with Gasteiger partial charge in [-0.05, 0) is 13.8 Å². The fraction of sp³-hybridized carbons (Fsp3) is 0.400. The number of carbonyl (C=O) groups is 2. The summed E-state index contributed by atoms with van der Waals surface area (Å²) in [6.07, 6.45) is 7.52. The predicted molar refractivity (Wildman–Crippen MR) is 50.5 cm³/mol. The van der Waals surface area contributed by atoms with Gasteiger partial charge in [0.05, 0.1) is 0 Å². The molecule has 0 spiro atoms. The standard InChI is InChI=1S/C10H12O4/c1-4-6-10(8(11)12,9(13)14)7(3)5-2/h2,4,6-7H,1,3H3,(H,11,12)(H,13,14). The fourth-order valence-corrected chi connectivity index (χ4v) is 1.14. The topological polar surface area (TPSA) is 74.6 Å². The van der Waals surface area contributed by atoms with E-state index in [0.717, 1.165) is 6.08 Å². The smallest absolute Gasteiger partial charge is 0.326 e. The summed E-state index contributed by atoms with van der Waals surface area (Å²) < 4.78 is 0. The van der Waals surface area contributed by atoms with E-state index in [1.807, 2.05) is 0 Å². The molecule has 0 aromatic carbocycles. The molecule has 0 saturated heterocycles. The van der Waals surface area contributed by atoms with Gasteiger partial charge in [-0.3, -0.25) is 9.59 Å². The van der Waals surface area contributed by atoms with Crippen molar-refractivity contribution in [3.8, 4) is 12.3 Å². The molecule has 0 radical (unpaired) electrons. The van der Waals surface area contributed by atoms with E-state index in [1.165, 1.54) is 13.0 Å². The second kappa shape index (κ2) is 4.47. The molecule has 0 aromatic rings. The van der Waals surface area contributed by atoms with Gasteiger partial charge < -0.3 is 10.2 Å². The Labute approximate surface area is 82.2 Å². The molecule has 0 amide bonds. The number of aliphatic carboxylic acids is 2. The minimum Gasteiger partial charge on any atom is -0.480 e. The van der Waals surface area contributed by atoms with E-state index in [2.05, 4.69) is 5.92 Å². The Balaban J connectivity index is 5.52. The highest BCUT2D eigenvalue weighted by Crippen LogP contribution is 2.30. The number of hydrogen-bond donors (Lipinski definition) is 2. The second-order valence-electron chi connectivity index (χ2n) is 2.87. The monoisotopic (exact) mass is 196 g/mol. The fourth-order valence-electron chi connectivity index (χ4n) is 1.14. The van der Waals surface area contributed by atoms with Crippen molar-refractivity contribution >= 4 is 11.9 Å². The summed E-state index contributed by atoms with van der Waals surface area (Å²) >= 11 is 0. The molecular weight excluding hydrogens is 184 g/mol. The molecule has 0 fully saturated rings. The van der Waals surface area contributed by atoms with Gasteiger partial charge >= 0.3 is 11.9 Å². The summed E-state index contributed by atoms with van der Waals surface area (Å²) in [5.74, 6) is -1.67. The average molecular weight is 196 g/mol. The third-order valence-electron chi connectivity index (χ3n) is 2.07. The third kappa shape index (κ3) is 1.77. The summed E-state index contributed by atoms with van der Waals surface area (Å²) in [6.45, 7) is 2.94. The van der Waals surface area contributed by atoms with Crippen LogP contribution >= 0.6 is 0 Å². The summed E-state index contributed by atoms with van der Waals surface area (Å²) in [6, 6.07) is 0. The van der Waals surface area contributed by atoms with Crippen molar-refractivity contribution < 1.29 is 19.8 Å². The maximum atomic E-state index is 10.9. The highest BCUT2D eigenvalue weighted by Gasteiger charge is 2.48. The van der Waals surface area contributed by atoms with E-state index < -0.39 is 23.3 Å². The lowest BCUT2D eigenvalue weighted by molar-refractivity contribution is -0.162. The second-order valence-corrected chi connectivity index (χ2v) is 2.87. The first-order valence-corrected chi connectivity index (χ1v) is 4.00. The van der Waals surface area contributed by atoms with Crippen LogP contribution in [-0.2, 0) is 9.59 Å². The molecule has 0 aromatic heterocycles. The lowest BCUT2D eigenvalue weighted by Gasteiger charge is -2.24. The maximum absolute atomic E-state index is 10.9. The van der Waals surface area contributed by atoms with Crippen LogP contribution in [0.25, 0.3) is 0 Å². The number of rotatable bonds is 4. The highest BCUT2D eigenvalue weighted by molar-refractivity contribution is 6.01. The first-order valence-electron chi connectivity index (χ1n) is 4.00. The van der Waals surface area contributed by atoms with Crippen molar-refractivity contribution in [2.75, 3.05) is 0 Å². The molecule has 4 heteroatoms. The molecule has 0 heterocycles. The SMILES string of the molecule is C#CC(C)C(C=CC)(C(=O)O)C(=O)O. The lowest BCUT2D eigenvalue weighted by atomic mass is 9.76. The molecule has 0 aliphatic rings. The van der Waals surface area contributed by atoms with Crippen molar-refractivity contribution in [2.45, 2.75) is 13.8 Å². The molecule has 76 valence electrons. The van der Waals surface area contributed by atoms with Gasteiger partial charge in [-0.15, -0.1) is 12.3 Å². The summed E-state index contributed by atoms with van der Waals surface area (Å²) in [5, 5.41) is 17.8. The summed E-state index contributed by atoms with van der Waals surface area (Å²) in [5.41, 5.74) is -2.02. The minimum atomic E-state index is -2.02. The normalized spacial score (nSPS) is 13.5. The summed E-state index contributed by atoms with van der Waals surface area (Å²) in [7, 11) is 0. The van der Waals surface area contributed by atoms with Gasteiger partial charge in [-0.2, -0.15) is 0 Å². The van der Waals surface area contributed by atoms with E-state index in [9.17, 15) is 9.59 Å². The van der Waals surface area contributed by atoms with Gasteiger partial charge in [0.2, 0.25) is 0 Å². The number of terminal acetylenes is 1. The van der Waals surface area contributed by atoms with Gasteiger partial charge in [-0.25, -0.2) is 0 Å². The van der Waals surface area contributed by atoms with Crippen LogP contribution < -0.4 is 0 Å². The molecule has 2 N–H and O–H groups in total. The van der Waals surface area contributed by atoms with E-state index >= 15 is 0 Å². The Morgan fingerprint density at radius 2 is 1.86 bits per heavy atom. The predicted octanol–water partition coefficient (Wildman–Crippen LogP) is 0.987. The van der Waals surface area contributed by atoms with Gasteiger partial charge in [-0.1, -0.05) is 12.2 Å². The third-order valence-corrected chi connectivity index (χ3v) is 2.07. The number of carboxylic acids is 2. The van der Waals surface area contributed by atoms with E-state index in [1.54, 1.807) is 6.92 Å². The zero-order valence-electron chi connectivity index (χ0n) is 8.02. The number of hydrogen-bond acceptors (Lipinski definition) is 2. The van der Waals surface area contributed by atoms with Crippen molar-refractivity contribution in [1.29, 1.82) is 0 Å². The van der Waals surface area contributed by atoms with Crippen LogP contribution in [0.5, 0.6) is 0 Å². The molecule has 1 atom stereocenters. The molecule has 14 heavy (non-hydrogen) atoms. The Morgan fingerprint density at radius 3 is 2.07 bits per heavy atom. The van der Waals surface area contributed by atoms with Crippen LogP contribution in [0.2, 0.25) is 0 Å². The Morgan fingerprint density at radius 1 is 1.43 bits per heavy atom. The average Bonchev–Trinajstić information content (AvgIpc) is 2.11. The van der Waals surface area contributed by atoms with Crippen LogP contribution in [-0.4, -0.2) is 22.2 Å². The highest BCUT2D eigenvalue weighted by atomic mass is 16.4. The van der Waals surface area contributed by atoms with Crippen LogP contribution in [0.1, 0.15) is 13.8 Å². The first kappa shape index (κ1) is 12.2. The number of carboxylic acid groups (broad SMARTS) is 2. The molecule has 4 nitrogen and oxygen atoms in total. The minimum absolute atomic E-state index is 0.909. The Kier molecular flexibility index (Phi) is 3.91. The van der Waals surface area contributed by atoms with E-state index in [4.69, 9.17) is 16.6 Å². The van der Waals surface area contributed by atoms with Gasteiger partial charge in [0.25, 0.3) is 0 Å². The molecule has 0 saturated carbocycles. The Hall–Kier alpha value is -1.76. The molecular formula is C10H12O4. The molecule has 0 aliphatic carbocycles. The van der Waals surface area contributed by atoms with Crippen LogP contribution in [0.4, 0.5) is 0 Å². The first-order chi connectivity index (χ1) is 6.43. The van der Waals surface area contributed by atoms with Gasteiger partial charge in [0, 0.05) is 5.92 Å². The molecule has 1 unspecified atom stereocenters. The van der Waals surface area contributed by atoms with Crippen LogP contribution in [0.15, 0.2) is 12.2 Å². The zero-order chi connectivity index (χ0) is 11.4. The quantitative estimate of drug-likeness (QED) is 0.399. The van der Waals surface area contributed by atoms with E-state index in [-0.39, 0.29) is 0 Å². The van der Waals surface area contributed by atoms with Crippen LogP contribution in [0.3, 0.4) is 0 Å². The molecule has 0 bridgehead atoms. The maximum Gasteiger partial charge on any atom is 0.326 e. The van der Waals surface area contributed by atoms with E-state index in [0.29, 0.717) is 0 Å². The summed E-state index contributed by atoms with van der Waals surface area (Å²) in [4.78, 5) is 21.9. The van der Waals surface area contributed by atoms with Crippen molar-refractivity contribution in [3.05, 3.63) is 12.2 Å². The van der Waals surface area contributed by atoms with Crippen LogP contribution in [0, 0.1) is 23.7 Å². The lowest BCUT2D eigenvalue weighted by Crippen LogP contribution is -2.42. The largest absolute Gasteiger partial charge is 0.480 e. The Bertz CT molecular complexity index is 295.